The molecule has 0 bridgehead atoms. The van der Waals surface area contributed by atoms with E-state index in [0.717, 1.165) is 78.0 Å². The van der Waals surface area contributed by atoms with Crippen LogP contribution in [0.3, 0.4) is 0 Å². The van der Waals surface area contributed by atoms with Gasteiger partial charge in [0.05, 0.1) is 17.2 Å². The van der Waals surface area contributed by atoms with Gasteiger partial charge >= 0.3 is 0 Å². The third-order valence-electron chi connectivity index (χ3n) is 13.2. The maximum absolute atomic E-state index is 17.0. The second kappa shape index (κ2) is 16.7. The van der Waals surface area contributed by atoms with Crippen molar-refractivity contribution in [2.45, 2.75) is 96.6 Å². The Morgan fingerprint density at radius 1 is 0.710 bits per heavy atom. The molecule has 332 valence electrons. The average molecular weight is 850 g/mol. The minimum absolute atomic E-state index is 0.144. The SMILES string of the molecule is CC(C)(C)c1cc2ccn(CC(C)(C)c3cc4c(F)c(CC(C)(C)c5cc6cc[nH]c6nc5OCCN5CC(O)C5)[nH]c4nc3OCCN3CCC3)c2nc1OCCN1CCC1. The highest BCUT2D eigenvalue weighted by Crippen LogP contribution is 2.40. The van der Waals surface area contributed by atoms with Crippen molar-refractivity contribution in [1.82, 2.24) is 44.2 Å². The fourth-order valence-electron chi connectivity index (χ4n) is 9.07. The summed E-state index contributed by atoms with van der Waals surface area (Å²) in [5, 5.41) is 12.2. The molecule has 3 fully saturated rings. The highest BCUT2D eigenvalue weighted by Gasteiger charge is 2.34. The van der Waals surface area contributed by atoms with E-state index >= 15 is 4.39 Å². The second-order valence-electron chi connectivity index (χ2n) is 20.2. The number of aromatic nitrogens is 6. The predicted molar refractivity (Wildman–Crippen MR) is 241 cm³/mol. The van der Waals surface area contributed by atoms with Crippen LogP contribution in [0, 0.1) is 5.82 Å². The Hall–Kier alpha value is -4.76. The number of aromatic amines is 2. The van der Waals surface area contributed by atoms with Crippen molar-refractivity contribution < 1.29 is 23.7 Å². The summed E-state index contributed by atoms with van der Waals surface area (Å²) in [6, 6.07) is 10.4. The number of nitrogens with zero attached hydrogens (tertiary/aromatic N) is 7. The number of β-amino-alcohol motifs (C(OH)–C–C–N with tert-alkyl or cyclic N) is 1. The summed E-state index contributed by atoms with van der Waals surface area (Å²) in [7, 11) is 0. The van der Waals surface area contributed by atoms with Gasteiger partial charge in [-0.25, -0.2) is 4.39 Å². The number of hydrogen-bond acceptors (Lipinski definition) is 10. The number of aliphatic hydroxyl groups is 1. The predicted octanol–water partition coefficient (Wildman–Crippen LogP) is 6.95. The van der Waals surface area contributed by atoms with Gasteiger partial charge in [-0.1, -0.05) is 48.5 Å². The minimum Gasteiger partial charge on any atom is -0.476 e. The molecule has 14 heteroatoms. The monoisotopic (exact) mass is 850 g/mol. The van der Waals surface area contributed by atoms with Gasteiger partial charge in [0.2, 0.25) is 17.6 Å². The zero-order valence-electron chi connectivity index (χ0n) is 37.6. The number of ether oxygens (including phenoxy) is 3. The number of fused-ring (bicyclic) bond motifs is 3. The fourth-order valence-corrected chi connectivity index (χ4v) is 9.07. The Labute approximate surface area is 364 Å². The molecule has 62 heavy (non-hydrogen) atoms. The number of hydrogen-bond donors (Lipinski definition) is 3. The molecule has 0 aromatic carbocycles. The molecular formula is C48H64FN9O4. The molecule has 9 heterocycles. The zero-order chi connectivity index (χ0) is 43.4. The molecule has 0 saturated carbocycles. The van der Waals surface area contributed by atoms with Gasteiger partial charge in [0.25, 0.3) is 0 Å². The molecule has 0 unspecified atom stereocenters. The van der Waals surface area contributed by atoms with Crippen molar-refractivity contribution in [3.8, 4) is 17.6 Å². The number of likely N-dealkylation sites (tertiary alicyclic amines) is 3. The van der Waals surface area contributed by atoms with Gasteiger partial charge in [0.1, 0.15) is 36.8 Å². The van der Waals surface area contributed by atoms with E-state index in [2.05, 4.69) is 102 Å². The summed E-state index contributed by atoms with van der Waals surface area (Å²) in [5.41, 5.74) is 4.08. The van der Waals surface area contributed by atoms with E-state index < -0.39 is 10.8 Å². The van der Waals surface area contributed by atoms with Crippen LogP contribution in [0.2, 0.25) is 0 Å². The van der Waals surface area contributed by atoms with Crippen LogP contribution in [0.15, 0.2) is 42.7 Å². The van der Waals surface area contributed by atoms with E-state index in [4.69, 9.17) is 29.2 Å². The lowest BCUT2D eigenvalue weighted by molar-refractivity contribution is -0.00421. The first kappa shape index (κ1) is 42.5. The summed E-state index contributed by atoms with van der Waals surface area (Å²) >= 11 is 0. The Balaban J connectivity index is 1.02. The molecule has 13 nitrogen and oxygen atoms in total. The average Bonchev–Trinajstić information content (AvgIpc) is 3.87. The standard InChI is InChI=1S/C48H64FN9O4/c1-46(2,3)35-25-32-11-17-58(42(32)54-43(35)60-21-18-55-13-8-14-55)30-48(6,7)37-26-34-39(49)38(51-41(34)53-45(37)61-22-19-56-15-9-16-56)27-47(4,5)36-24-31-10-12-50-40(31)52-44(36)62-23-20-57-28-33(59)29-57/h10-12,17,24-26,33,59H,8-9,13-16,18-23,27-30H2,1-7H3,(H,50,52)(H,51,53). The lowest BCUT2D eigenvalue weighted by Crippen LogP contribution is -2.51. The van der Waals surface area contributed by atoms with Crippen molar-refractivity contribution in [3.63, 3.8) is 0 Å². The summed E-state index contributed by atoms with van der Waals surface area (Å²) in [4.78, 5) is 28.6. The highest BCUT2D eigenvalue weighted by molar-refractivity contribution is 5.81. The number of halogens is 1. The summed E-state index contributed by atoms with van der Waals surface area (Å²) < 4.78 is 38.5. The molecular weight excluding hydrogens is 786 g/mol. The molecule has 0 radical (unpaired) electrons. The number of pyridine rings is 3. The van der Waals surface area contributed by atoms with Crippen LogP contribution in [0.25, 0.3) is 33.1 Å². The van der Waals surface area contributed by atoms with Crippen LogP contribution < -0.4 is 14.2 Å². The van der Waals surface area contributed by atoms with Crippen molar-refractivity contribution in [2.24, 2.45) is 0 Å². The molecule has 0 aliphatic carbocycles. The molecule has 3 saturated heterocycles. The van der Waals surface area contributed by atoms with E-state index in [0.29, 0.717) is 86.8 Å². The van der Waals surface area contributed by atoms with Crippen LogP contribution in [-0.2, 0) is 29.2 Å². The first-order valence-corrected chi connectivity index (χ1v) is 22.6. The number of rotatable bonds is 18. The maximum Gasteiger partial charge on any atom is 0.219 e. The Bertz CT molecular complexity index is 2540. The largest absolute Gasteiger partial charge is 0.476 e. The zero-order valence-corrected chi connectivity index (χ0v) is 37.6. The number of aliphatic hydroxyl groups excluding tert-OH is 1. The van der Waals surface area contributed by atoms with E-state index in [9.17, 15) is 5.11 Å². The highest BCUT2D eigenvalue weighted by atomic mass is 19.1. The van der Waals surface area contributed by atoms with Crippen LogP contribution in [0.5, 0.6) is 17.6 Å². The van der Waals surface area contributed by atoms with Gasteiger partial charge in [-0.05, 0) is 81.2 Å². The Morgan fingerprint density at radius 3 is 1.89 bits per heavy atom. The van der Waals surface area contributed by atoms with E-state index in [-0.39, 0.29) is 17.3 Å². The molecule has 6 aromatic heterocycles. The van der Waals surface area contributed by atoms with Gasteiger partial charge in [-0.3, -0.25) is 14.7 Å². The van der Waals surface area contributed by atoms with Crippen LogP contribution in [-0.4, -0.2) is 134 Å². The maximum atomic E-state index is 17.0. The van der Waals surface area contributed by atoms with E-state index in [1.165, 1.54) is 12.8 Å². The third-order valence-corrected chi connectivity index (χ3v) is 13.2. The molecule has 0 atom stereocenters. The lowest BCUT2D eigenvalue weighted by Gasteiger charge is -2.35. The van der Waals surface area contributed by atoms with Crippen LogP contribution >= 0.6 is 0 Å². The lowest BCUT2D eigenvalue weighted by atomic mass is 9.80. The molecule has 3 aliphatic rings. The Morgan fingerprint density at radius 2 is 1.29 bits per heavy atom. The van der Waals surface area contributed by atoms with Crippen molar-refractivity contribution >= 4 is 33.1 Å². The number of nitrogens with one attached hydrogen (secondary N) is 2. The van der Waals surface area contributed by atoms with Crippen molar-refractivity contribution in [3.05, 3.63) is 70.9 Å². The van der Waals surface area contributed by atoms with Gasteiger partial charge in [0, 0.05) is 90.0 Å². The van der Waals surface area contributed by atoms with Gasteiger partial charge in [0.15, 0.2) is 5.82 Å². The first-order chi connectivity index (χ1) is 29.6. The topological polar surface area (TPSA) is 133 Å². The molecule has 6 aromatic rings. The molecule has 0 spiro atoms. The van der Waals surface area contributed by atoms with E-state index in [1.54, 1.807) is 0 Å². The minimum atomic E-state index is -0.576. The van der Waals surface area contributed by atoms with E-state index in [1.807, 2.05) is 18.3 Å². The molecule has 0 amide bonds. The van der Waals surface area contributed by atoms with Gasteiger partial charge < -0.3 is 33.9 Å². The summed E-state index contributed by atoms with van der Waals surface area (Å²) in [5.74, 6) is 1.40. The Kier molecular flexibility index (Phi) is 11.5. The summed E-state index contributed by atoms with van der Waals surface area (Å²) in [6.07, 6.45) is 6.49. The normalized spacial score (nSPS) is 17.2. The van der Waals surface area contributed by atoms with Gasteiger partial charge in [-0.15, -0.1) is 0 Å². The van der Waals surface area contributed by atoms with Crippen LogP contribution in [0.4, 0.5) is 4.39 Å². The molecule has 3 aliphatic heterocycles. The van der Waals surface area contributed by atoms with Gasteiger partial charge in [-0.2, -0.15) is 15.0 Å². The van der Waals surface area contributed by atoms with Crippen LogP contribution in [0.1, 0.15) is 83.7 Å². The first-order valence-electron chi connectivity index (χ1n) is 22.6. The number of H-pyrrole nitrogens is 2. The smallest absolute Gasteiger partial charge is 0.219 e. The summed E-state index contributed by atoms with van der Waals surface area (Å²) in [6.45, 7) is 25.3. The van der Waals surface area contributed by atoms with Crippen molar-refractivity contribution in [1.29, 1.82) is 0 Å². The molecule has 3 N–H and O–H groups in total. The van der Waals surface area contributed by atoms with Crippen molar-refractivity contribution in [2.75, 3.05) is 78.7 Å². The fraction of sp³-hybridized carbons (Fsp3) is 0.562. The quantitative estimate of drug-likeness (QED) is 0.0836. The second-order valence-corrected chi connectivity index (χ2v) is 20.2. The third kappa shape index (κ3) is 8.76. The molecule has 9 rings (SSSR count).